The zero-order chi connectivity index (χ0) is 21.5. The van der Waals surface area contributed by atoms with Gasteiger partial charge in [0.05, 0.1) is 18.1 Å². The number of hydrogen-bond acceptors (Lipinski definition) is 4. The van der Waals surface area contributed by atoms with Crippen molar-refractivity contribution in [3.63, 3.8) is 0 Å². The Balaban J connectivity index is 1.58. The fourth-order valence-electron chi connectivity index (χ4n) is 3.86. The van der Waals surface area contributed by atoms with Crippen LogP contribution in [0.2, 0.25) is 0 Å². The molecule has 1 heterocycles. The molecule has 4 rings (SSSR count). The van der Waals surface area contributed by atoms with Gasteiger partial charge in [-0.05, 0) is 29.5 Å². The summed E-state index contributed by atoms with van der Waals surface area (Å²) in [7, 11) is 0. The summed E-state index contributed by atoms with van der Waals surface area (Å²) in [5, 5.41) is 6.70. The van der Waals surface area contributed by atoms with Crippen molar-refractivity contribution >= 4 is 22.8 Å². The molecule has 0 spiro atoms. The van der Waals surface area contributed by atoms with E-state index in [0.29, 0.717) is 6.42 Å². The van der Waals surface area contributed by atoms with Crippen LogP contribution >= 0.6 is 11.8 Å². The maximum atomic E-state index is 13.5. The Labute approximate surface area is 187 Å². The van der Waals surface area contributed by atoms with Crippen molar-refractivity contribution < 1.29 is 9.59 Å². The highest BCUT2D eigenvalue weighted by Crippen LogP contribution is 2.23. The molecule has 2 atom stereocenters. The maximum Gasteiger partial charge on any atom is 0.238 e. The van der Waals surface area contributed by atoms with Crippen LogP contribution in [0.25, 0.3) is 0 Å². The summed E-state index contributed by atoms with van der Waals surface area (Å²) < 4.78 is 0. The first kappa shape index (κ1) is 21.3. The maximum absolute atomic E-state index is 13.5. The number of amides is 1. The SMILES string of the molecule is O=C(NC(c1ccccc1)c1ccccc1)C(Cc1ccccc1)NC1CCSC1=O. The molecule has 1 aliphatic heterocycles. The molecule has 2 unspecified atom stereocenters. The van der Waals surface area contributed by atoms with Crippen molar-refractivity contribution in [3.8, 4) is 0 Å². The van der Waals surface area contributed by atoms with E-state index in [4.69, 9.17) is 0 Å². The third-order valence-electron chi connectivity index (χ3n) is 5.49. The van der Waals surface area contributed by atoms with Gasteiger partial charge in [-0.1, -0.05) is 103 Å². The third kappa shape index (κ3) is 5.63. The second kappa shape index (κ2) is 10.4. The third-order valence-corrected chi connectivity index (χ3v) is 6.50. The number of nitrogens with one attached hydrogen (secondary N) is 2. The first-order chi connectivity index (χ1) is 15.2. The summed E-state index contributed by atoms with van der Waals surface area (Å²) in [4.78, 5) is 25.7. The molecule has 0 bridgehead atoms. The minimum atomic E-state index is -0.495. The topological polar surface area (TPSA) is 58.2 Å². The lowest BCUT2D eigenvalue weighted by Gasteiger charge is -2.26. The van der Waals surface area contributed by atoms with Crippen molar-refractivity contribution in [1.29, 1.82) is 0 Å². The van der Waals surface area contributed by atoms with Gasteiger partial charge in [-0.3, -0.25) is 14.9 Å². The molecule has 4 nitrogen and oxygen atoms in total. The van der Waals surface area contributed by atoms with E-state index in [9.17, 15) is 9.59 Å². The smallest absolute Gasteiger partial charge is 0.238 e. The summed E-state index contributed by atoms with van der Waals surface area (Å²) in [5.74, 6) is 0.693. The first-order valence-corrected chi connectivity index (χ1v) is 11.6. The molecule has 158 valence electrons. The molecule has 1 fully saturated rings. The van der Waals surface area contributed by atoms with Crippen molar-refractivity contribution in [2.75, 3.05) is 5.75 Å². The molecule has 31 heavy (non-hydrogen) atoms. The molecule has 0 saturated carbocycles. The van der Waals surface area contributed by atoms with Gasteiger partial charge in [0, 0.05) is 5.75 Å². The Morgan fingerprint density at radius 2 is 1.42 bits per heavy atom. The fraction of sp³-hybridized carbons (Fsp3) is 0.231. The monoisotopic (exact) mass is 430 g/mol. The summed E-state index contributed by atoms with van der Waals surface area (Å²) >= 11 is 1.34. The van der Waals surface area contributed by atoms with E-state index < -0.39 is 6.04 Å². The van der Waals surface area contributed by atoms with Crippen LogP contribution in [0.3, 0.4) is 0 Å². The molecule has 2 N–H and O–H groups in total. The van der Waals surface area contributed by atoms with Crippen LogP contribution in [-0.2, 0) is 16.0 Å². The minimum absolute atomic E-state index is 0.105. The second-order valence-corrected chi connectivity index (χ2v) is 8.78. The predicted octanol–water partition coefficient (Wildman–Crippen LogP) is 4.13. The number of benzene rings is 3. The van der Waals surface area contributed by atoms with Crippen LogP contribution in [0, 0.1) is 0 Å². The van der Waals surface area contributed by atoms with Crippen molar-refractivity contribution in [3.05, 3.63) is 108 Å². The Kier molecular flexibility index (Phi) is 7.18. The molecule has 3 aromatic carbocycles. The van der Waals surface area contributed by atoms with Crippen LogP contribution in [0.1, 0.15) is 29.2 Å². The van der Waals surface area contributed by atoms with Gasteiger partial charge in [-0.15, -0.1) is 0 Å². The van der Waals surface area contributed by atoms with Crippen LogP contribution in [0.5, 0.6) is 0 Å². The van der Waals surface area contributed by atoms with Gasteiger partial charge in [0.15, 0.2) is 0 Å². The Bertz CT molecular complexity index is 956. The molecule has 0 aliphatic carbocycles. The highest BCUT2D eigenvalue weighted by Gasteiger charge is 2.31. The predicted molar refractivity (Wildman–Crippen MR) is 126 cm³/mol. The van der Waals surface area contributed by atoms with E-state index in [-0.39, 0.29) is 23.1 Å². The van der Waals surface area contributed by atoms with Gasteiger partial charge in [-0.2, -0.15) is 0 Å². The number of thioether (sulfide) groups is 1. The first-order valence-electron chi connectivity index (χ1n) is 10.6. The average molecular weight is 431 g/mol. The van der Waals surface area contributed by atoms with E-state index >= 15 is 0 Å². The van der Waals surface area contributed by atoms with E-state index in [1.807, 2.05) is 91.0 Å². The van der Waals surface area contributed by atoms with Gasteiger partial charge in [0.25, 0.3) is 0 Å². The van der Waals surface area contributed by atoms with Gasteiger partial charge < -0.3 is 5.32 Å². The normalized spacial score (nSPS) is 16.9. The number of hydrogen-bond donors (Lipinski definition) is 2. The summed E-state index contributed by atoms with van der Waals surface area (Å²) in [6.45, 7) is 0. The van der Waals surface area contributed by atoms with Gasteiger partial charge in [0.2, 0.25) is 11.0 Å². The number of carbonyl (C=O) groups excluding carboxylic acids is 2. The van der Waals surface area contributed by atoms with E-state index in [0.717, 1.165) is 28.9 Å². The van der Waals surface area contributed by atoms with Gasteiger partial charge in [0.1, 0.15) is 0 Å². The zero-order valence-corrected chi connectivity index (χ0v) is 18.1. The van der Waals surface area contributed by atoms with E-state index in [2.05, 4.69) is 10.6 Å². The Morgan fingerprint density at radius 3 is 1.94 bits per heavy atom. The van der Waals surface area contributed by atoms with Crippen LogP contribution in [-0.4, -0.2) is 28.9 Å². The van der Waals surface area contributed by atoms with Crippen LogP contribution in [0.4, 0.5) is 0 Å². The van der Waals surface area contributed by atoms with Crippen molar-refractivity contribution in [2.45, 2.75) is 31.0 Å². The van der Waals surface area contributed by atoms with Crippen molar-refractivity contribution in [1.82, 2.24) is 10.6 Å². The van der Waals surface area contributed by atoms with Gasteiger partial charge >= 0.3 is 0 Å². The van der Waals surface area contributed by atoms with E-state index in [1.165, 1.54) is 11.8 Å². The second-order valence-electron chi connectivity index (χ2n) is 7.68. The molecule has 0 aromatic heterocycles. The molecule has 1 aliphatic rings. The standard InChI is InChI=1S/C26H26N2O2S/c29-25(28-24(20-12-6-2-7-13-20)21-14-8-3-9-15-21)23(18-19-10-4-1-5-11-19)27-22-16-17-31-26(22)30/h1-15,22-24,27H,16-18H2,(H,28,29). The molecule has 5 heteroatoms. The molecular formula is C26H26N2O2S. The highest BCUT2D eigenvalue weighted by atomic mass is 32.2. The number of carbonyl (C=O) groups is 2. The summed E-state index contributed by atoms with van der Waals surface area (Å²) in [6, 6.07) is 28.8. The molecule has 1 amide bonds. The Hall–Kier alpha value is -2.89. The van der Waals surface area contributed by atoms with Crippen LogP contribution < -0.4 is 10.6 Å². The van der Waals surface area contributed by atoms with Crippen LogP contribution in [0.15, 0.2) is 91.0 Å². The van der Waals surface area contributed by atoms with Gasteiger partial charge in [-0.25, -0.2) is 0 Å². The lowest BCUT2D eigenvalue weighted by molar-refractivity contribution is -0.124. The molecule has 3 aromatic rings. The molecular weight excluding hydrogens is 404 g/mol. The fourth-order valence-corrected chi connectivity index (χ4v) is 4.80. The van der Waals surface area contributed by atoms with E-state index in [1.54, 1.807) is 0 Å². The largest absolute Gasteiger partial charge is 0.344 e. The quantitative estimate of drug-likeness (QED) is 0.564. The zero-order valence-electron chi connectivity index (χ0n) is 17.2. The highest BCUT2D eigenvalue weighted by molar-refractivity contribution is 8.14. The minimum Gasteiger partial charge on any atom is -0.344 e. The van der Waals surface area contributed by atoms with Crippen molar-refractivity contribution in [2.24, 2.45) is 0 Å². The molecule has 1 saturated heterocycles. The summed E-state index contributed by atoms with van der Waals surface area (Å²) in [6.07, 6.45) is 1.28. The summed E-state index contributed by atoms with van der Waals surface area (Å²) in [5.41, 5.74) is 3.10. The lowest BCUT2D eigenvalue weighted by Crippen LogP contribution is -2.51. The average Bonchev–Trinajstić information content (AvgIpc) is 3.23. The lowest BCUT2D eigenvalue weighted by atomic mass is 9.97. The Morgan fingerprint density at radius 1 is 0.871 bits per heavy atom. The number of rotatable bonds is 8. The molecule has 0 radical (unpaired) electrons.